The zero-order valence-corrected chi connectivity index (χ0v) is 18.2. The molecule has 2 amide bonds. The molecule has 0 spiro atoms. The number of ketones is 1. The van der Waals surface area contributed by atoms with E-state index in [4.69, 9.17) is 4.28 Å². The highest BCUT2D eigenvalue weighted by Gasteiger charge is 2.67. The van der Waals surface area contributed by atoms with E-state index in [0.717, 1.165) is 6.42 Å². The van der Waals surface area contributed by atoms with Gasteiger partial charge in [-0.15, -0.1) is 9.35 Å². The van der Waals surface area contributed by atoms with E-state index in [1.165, 1.54) is 0 Å². The summed E-state index contributed by atoms with van der Waals surface area (Å²) in [5.41, 5.74) is -1.06. The second-order valence-electron chi connectivity index (χ2n) is 9.11. The summed E-state index contributed by atoms with van der Waals surface area (Å²) in [6.45, 7) is 3.94. The van der Waals surface area contributed by atoms with E-state index >= 15 is 0 Å². The molecular weight excluding hydrogens is 418 g/mol. The fourth-order valence-electron chi connectivity index (χ4n) is 6.08. The van der Waals surface area contributed by atoms with Crippen molar-refractivity contribution >= 4 is 38.5 Å². The van der Waals surface area contributed by atoms with Gasteiger partial charge in [-0.1, -0.05) is 38.1 Å². The predicted octanol–water partition coefficient (Wildman–Crippen LogP) is 3.48. The monoisotopic (exact) mass is 441 g/mol. The van der Waals surface area contributed by atoms with E-state index in [2.05, 4.69) is 0 Å². The van der Waals surface area contributed by atoms with Crippen LogP contribution in [0.15, 0.2) is 36.4 Å². The number of hydrogen-bond acceptors (Lipinski definition) is 6. The number of imide groups is 1. The summed E-state index contributed by atoms with van der Waals surface area (Å²) in [5.74, 6) is -2.08. The quantitative estimate of drug-likeness (QED) is 0.659. The van der Waals surface area contributed by atoms with E-state index in [9.17, 15) is 22.8 Å². The third kappa shape index (κ3) is 2.61. The van der Waals surface area contributed by atoms with Crippen molar-refractivity contribution in [1.29, 1.82) is 0 Å². The molecule has 2 bridgehead atoms. The fourth-order valence-corrected chi connectivity index (χ4v) is 7.74. The second kappa shape index (κ2) is 6.46. The van der Waals surface area contributed by atoms with Crippen LogP contribution in [0, 0.1) is 16.7 Å². The molecule has 2 aromatic rings. The zero-order chi connectivity index (χ0) is 22.2. The van der Waals surface area contributed by atoms with Crippen LogP contribution in [-0.2, 0) is 19.2 Å². The smallest absolute Gasteiger partial charge is 0.289 e. The minimum atomic E-state index is -4.40. The van der Waals surface area contributed by atoms with Gasteiger partial charge in [-0.05, 0) is 48.1 Å². The number of amides is 2. The van der Waals surface area contributed by atoms with Gasteiger partial charge in [-0.2, -0.15) is 8.42 Å². The molecule has 1 aliphatic heterocycles. The number of nitrogens with zero attached hydrogens (tertiary/aromatic N) is 1. The second-order valence-corrected chi connectivity index (χ2v) is 10.7. The number of benzene rings is 2. The van der Waals surface area contributed by atoms with E-state index in [1.54, 1.807) is 36.4 Å². The van der Waals surface area contributed by atoms with Crippen molar-refractivity contribution in [3.05, 3.63) is 47.5 Å². The molecule has 0 saturated heterocycles. The van der Waals surface area contributed by atoms with Crippen molar-refractivity contribution in [2.45, 2.75) is 39.5 Å². The minimum Gasteiger partial charge on any atom is -0.299 e. The van der Waals surface area contributed by atoms with Gasteiger partial charge in [0.1, 0.15) is 5.78 Å². The normalized spacial score (nSPS) is 29.9. The molecule has 162 valence electrons. The van der Waals surface area contributed by atoms with Crippen molar-refractivity contribution in [3.63, 3.8) is 0 Å². The van der Waals surface area contributed by atoms with Crippen LogP contribution in [-0.4, -0.2) is 36.8 Å². The van der Waals surface area contributed by atoms with Crippen molar-refractivity contribution < 1.29 is 27.1 Å². The topological polar surface area (TPSA) is 97.8 Å². The first-order valence-corrected chi connectivity index (χ1v) is 12.1. The SMILES string of the molecule is CCC1(C)C2CCC1(CS(=O)(=O)ON1C(=O)c3cccc4cccc(c34)C1=O)C(=O)C2. The molecule has 0 radical (unpaired) electrons. The Morgan fingerprint density at radius 2 is 1.68 bits per heavy atom. The molecule has 7 nitrogen and oxygen atoms in total. The Hall–Kier alpha value is -2.58. The Bertz CT molecular complexity index is 1220. The molecule has 31 heavy (non-hydrogen) atoms. The Balaban J connectivity index is 1.50. The summed E-state index contributed by atoms with van der Waals surface area (Å²) in [6, 6.07) is 9.98. The Labute approximate surface area is 180 Å². The van der Waals surface area contributed by atoms with Crippen molar-refractivity contribution in [3.8, 4) is 0 Å². The van der Waals surface area contributed by atoms with Gasteiger partial charge in [0.25, 0.3) is 21.9 Å². The number of carbonyl (C=O) groups is 3. The number of carbonyl (C=O) groups excluding carboxylic acids is 3. The molecule has 2 saturated carbocycles. The van der Waals surface area contributed by atoms with Crippen LogP contribution in [0.3, 0.4) is 0 Å². The number of hydroxylamine groups is 2. The minimum absolute atomic E-state index is 0.0633. The van der Waals surface area contributed by atoms with Gasteiger partial charge in [0.05, 0.1) is 22.3 Å². The van der Waals surface area contributed by atoms with Crippen LogP contribution in [0.25, 0.3) is 10.8 Å². The lowest BCUT2D eigenvalue weighted by atomic mass is 9.67. The average molecular weight is 442 g/mol. The van der Waals surface area contributed by atoms with Gasteiger partial charge < -0.3 is 0 Å². The predicted molar refractivity (Wildman–Crippen MR) is 112 cm³/mol. The molecule has 3 atom stereocenters. The highest BCUT2D eigenvalue weighted by molar-refractivity contribution is 7.86. The molecule has 3 aliphatic rings. The number of fused-ring (bicyclic) bond motifs is 2. The highest BCUT2D eigenvalue weighted by Crippen LogP contribution is 2.66. The van der Waals surface area contributed by atoms with Crippen LogP contribution in [0.5, 0.6) is 0 Å². The number of Topliss-reactive ketones (excluding diaryl/α,β-unsaturated/α-hetero) is 1. The lowest BCUT2D eigenvalue weighted by molar-refractivity contribution is -0.128. The Morgan fingerprint density at radius 1 is 1.06 bits per heavy atom. The summed E-state index contributed by atoms with van der Waals surface area (Å²) >= 11 is 0. The molecule has 2 aromatic carbocycles. The van der Waals surface area contributed by atoms with Crippen LogP contribution < -0.4 is 0 Å². The third-order valence-corrected chi connectivity index (χ3v) is 9.18. The maximum atomic E-state index is 13.1. The highest BCUT2D eigenvalue weighted by atomic mass is 32.2. The average Bonchev–Trinajstić information content (AvgIpc) is 3.12. The van der Waals surface area contributed by atoms with E-state index in [1.807, 2.05) is 13.8 Å². The first-order valence-electron chi connectivity index (χ1n) is 10.5. The molecule has 8 heteroatoms. The van der Waals surface area contributed by atoms with E-state index in [-0.39, 0.29) is 22.8 Å². The lowest BCUT2D eigenvalue weighted by Gasteiger charge is -2.38. The van der Waals surface area contributed by atoms with Crippen LogP contribution in [0.1, 0.15) is 60.2 Å². The maximum absolute atomic E-state index is 13.1. The largest absolute Gasteiger partial charge is 0.299 e. The summed E-state index contributed by atoms with van der Waals surface area (Å²) in [7, 11) is -4.40. The van der Waals surface area contributed by atoms with E-state index < -0.39 is 38.5 Å². The summed E-state index contributed by atoms with van der Waals surface area (Å²) < 4.78 is 31.4. The standard InChI is InChI=1S/C23H23NO6S/c1-3-22(2)15-10-11-23(22,18(25)12-15)13-31(28,29)30-24-20(26)16-8-4-6-14-7-5-9-17(19(14)16)21(24)27/h4-9,15H,3,10-13H2,1-2H3. The molecule has 1 heterocycles. The van der Waals surface area contributed by atoms with Gasteiger partial charge in [0.2, 0.25) is 0 Å². The summed E-state index contributed by atoms with van der Waals surface area (Å²) in [5, 5.41) is 1.53. The van der Waals surface area contributed by atoms with Gasteiger partial charge in [-0.3, -0.25) is 14.4 Å². The molecule has 2 fully saturated rings. The van der Waals surface area contributed by atoms with Crippen molar-refractivity contribution in [2.75, 3.05) is 5.75 Å². The van der Waals surface area contributed by atoms with Crippen LogP contribution in [0.4, 0.5) is 0 Å². The number of rotatable bonds is 5. The molecule has 0 aromatic heterocycles. The van der Waals surface area contributed by atoms with Crippen LogP contribution >= 0.6 is 0 Å². The van der Waals surface area contributed by atoms with Gasteiger partial charge in [-0.25, -0.2) is 0 Å². The lowest BCUT2D eigenvalue weighted by Crippen LogP contribution is -2.47. The fraction of sp³-hybridized carbons (Fsp3) is 0.435. The van der Waals surface area contributed by atoms with Crippen molar-refractivity contribution in [1.82, 2.24) is 5.06 Å². The first kappa shape index (κ1) is 20.3. The first-order chi connectivity index (χ1) is 14.6. The molecule has 2 aliphatic carbocycles. The van der Waals surface area contributed by atoms with Gasteiger partial charge >= 0.3 is 0 Å². The molecule has 0 N–H and O–H groups in total. The van der Waals surface area contributed by atoms with E-state index in [0.29, 0.717) is 35.1 Å². The summed E-state index contributed by atoms with van der Waals surface area (Å²) in [6.07, 6.45) is 2.32. The summed E-state index contributed by atoms with van der Waals surface area (Å²) in [4.78, 5) is 38.8. The van der Waals surface area contributed by atoms with Gasteiger partial charge in [0.15, 0.2) is 0 Å². The molecular formula is C23H23NO6S. The molecule has 5 rings (SSSR count). The third-order valence-electron chi connectivity index (χ3n) is 7.96. The van der Waals surface area contributed by atoms with Gasteiger partial charge in [0, 0.05) is 11.8 Å². The Kier molecular flexibility index (Phi) is 4.24. The van der Waals surface area contributed by atoms with Crippen LogP contribution in [0.2, 0.25) is 0 Å². The molecule has 3 unspecified atom stereocenters. The zero-order valence-electron chi connectivity index (χ0n) is 17.4. The number of hydrogen-bond donors (Lipinski definition) is 0. The maximum Gasteiger partial charge on any atom is 0.289 e. The Morgan fingerprint density at radius 3 is 2.23 bits per heavy atom. The van der Waals surface area contributed by atoms with Crippen molar-refractivity contribution in [2.24, 2.45) is 16.7 Å².